The number of aromatic nitrogens is 4. The summed E-state index contributed by atoms with van der Waals surface area (Å²) in [6.45, 7) is 6.02. The van der Waals surface area contributed by atoms with Gasteiger partial charge in [-0.3, -0.25) is 0 Å². The Hall–Kier alpha value is -0.640. The molecule has 0 saturated carbocycles. The van der Waals surface area contributed by atoms with Gasteiger partial charge in [0.1, 0.15) is 0 Å². The Balaban J connectivity index is 2.89. The zero-order valence-corrected chi connectivity index (χ0v) is 7.63. The topological polar surface area (TPSA) is 43.6 Å². The number of alkyl halides is 1. The first-order valence-electron chi connectivity index (χ1n) is 3.39. The van der Waals surface area contributed by atoms with E-state index in [2.05, 4.69) is 15.4 Å². The van der Waals surface area contributed by atoms with Gasteiger partial charge in [-0.15, -0.1) is 21.8 Å². The molecule has 62 valence electrons. The molecule has 0 N–H and O–H groups in total. The minimum Gasteiger partial charge on any atom is -0.159 e. The highest BCUT2D eigenvalue weighted by Gasteiger charge is 2.16. The Labute approximate surface area is 70.5 Å². The van der Waals surface area contributed by atoms with E-state index in [9.17, 15) is 0 Å². The molecule has 1 aromatic heterocycles. The zero-order valence-electron chi connectivity index (χ0n) is 6.87. The standard InChI is InChI=1S/C6H11ClN4/c1-6(2,3)11-9-5(4-7)8-10-11/h4H2,1-3H3. The van der Waals surface area contributed by atoms with E-state index in [1.165, 1.54) is 0 Å². The molecular formula is C6H11ClN4. The highest BCUT2D eigenvalue weighted by Crippen LogP contribution is 2.09. The van der Waals surface area contributed by atoms with E-state index in [1.807, 2.05) is 20.8 Å². The smallest absolute Gasteiger partial charge is 0.159 e. The van der Waals surface area contributed by atoms with Crippen LogP contribution in [0.15, 0.2) is 0 Å². The van der Waals surface area contributed by atoms with Crippen LogP contribution in [0.4, 0.5) is 0 Å². The Morgan fingerprint density at radius 3 is 2.36 bits per heavy atom. The van der Waals surface area contributed by atoms with Gasteiger partial charge in [-0.25, -0.2) is 0 Å². The molecule has 0 bridgehead atoms. The number of halogens is 1. The van der Waals surface area contributed by atoms with Crippen LogP contribution in [0.5, 0.6) is 0 Å². The summed E-state index contributed by atoms with van der Waals surface area (Å²) >= 11 is 5.51. The Morgan fingerprint density at radius 1 is 1.45 bits per heavy atom. The van der Waals surface area contributed by atoms with Gasteiger partial charge in [-0.05, 0) is 26.0 Å². The predicted molar refractivity (Wildman–Crippen MR) is 42.4 cm³/mol. The molecule has 0 radical (unpaired) electrons. The second-order valence-corrected chi connectivity index (χ2v) is 3.57. The molecule has 1 rings (SSSR count). The molecule has 0 unspecified atom stereocenters. The normalized spacial score (nSPS) is 12.0. The van der Waals surface area contributed by atoms with Gasteiger partial charge in [-0.2, -0.15) is 4.80 Å². The van der Waals surface area contributed by atoms with Gasteiger partial charge in [0.2, 0.25) is 0 Å². The van der Waals surface area contributed by atoms with Crippen molar-refractivity contribution in [2.45, 2.75) is 32.2 Å². The SMILES string of the molecule is CC(C)(C)n1nnc(CCl)n1. The molecule has 0 amide bonds. The van der Waals surface area contributed by atoms with Crippen LogP contribution in [-0.4, -0.2) is 20.2 Å². The lowest BCUT2D eigenvalue weighted by Gasteiger charge is -2.15. The summed E-state index contributed by atoms with van der Waals surface area (Å²) in [5, 5.41) is 11.7. The highest BCUT2D eigenvalue weighted by atomic mass is 35.5. The summed E-state index contributed by atoms with van der Waals surface area (Å²) in [5.41, 5.74) is -0.114. The molecule has 0 aliphatic heterocycles. The van der Waals surface area contributed by atoms with Crippen LogP contribution in [-0.2, 0) is 11.4 Å². The number of tetrazole rings is 1. The van der Waals surface area contributed by atoms with Crippen LogP contribution < -0.4 is 0 Å². The average molecular weight is 175 g/mol. The third-order valence-electron chi connectivity index (χ3n) is 1.17. The van der Waals surface area contributed by atoms with Crippen LogP contribution in [0.1, 0.15) is 26.6 Å². The molecule has 0 saturated heterocycles. The van der Waals surface area contributed by atoms with Crippen molar-refractivity contribution in [2.24, 2.45) is 0 Å². The predicted octanol–water partition coefficient (Wildman–Crippen LogP) is 1.17. The van der Waals surface area contributed by atoms with Gasteiger partial charge in [0.15, 0.2) is 5.82 Å². The van der Waals surface area contributed by atoms with Crippen LogP contribution in [0.25, 0.3) is 0 Å². The maximum absolute atomic E-state index is 5.51. The van der Waals surface area contributed by atoms with Gasteiger partial charge >= 0.3 is 0 Å². The van der Waals surface area contributed by atoms with E-state index in [0.717, 1.165) is 0 Å². The molecule has 0 fully saturated rings. The van der Waals surface area contributed by atoms with Gasteiger partial charge in [0.05, 0.1) is 11.4 Å². The molecule has 5 heteroatoms. The summed E-state index contributed by atoms with van der Waals surface area (Å²) in [5.74, 6) is 0.886. The largest absolute Gasteiger partial charge is 0.189 e. The minimum atomic E-state index is -0.114. The molecule has 0 spiro atoms. The van der Waals surface area contributed by atoms with Crippen LogP contribution >= 0.6 is 11.6 Å². The second kappa shape index (κ2) is 2.77. The number of nitrogens with zero attached hydrogens (tertiary/aromatic N) is 4. The molecular weight excluding hydrogens is 164 g/mol. The lowest BCUT2D eigenvalue weighted by Crippen LogP contribution is -2.24. The molecule has 0 aliphatic carbocycles. The molecule has 0 atom stereocenters. The van der Waals surface area contributed by atoms with Gasteiger partial charge < -0.3 is 0 Å². The minimum absolute atomic E-state index is 0.114. The maximum atomic E-state index is 5.51. The van der Waals surface area contributed by atoms with Gasteiger partial charge in [0.25, 0.3) is 0 Å². The van der Waals surface area contributed by atoms with Crippen LogP contribution in [0, 0.1) is 0 Å². The van der Waals surface area contributed by atoms with Crippen molar-refractivity contribution >= 4 is 11.6 Å². The number of rotatable bonds is 1. The van der Waals surface area contributed by atoms with E-state index in [1.54, 1.807) is 4.80 Å². The number of hydrogen-bond donors (Lipinski definition) is 0. The van der Waals surface area contributed by atoms with Crippen molar-refractivity contribution in [1.82, 2.24) is 20.2 Å². The Kier molecular flexibility index (Phi) is 2.13. The lowest BCUT2D eigenvalue weighted by molar-refractivity contribution is 0.305. The summed E-state index contributed by atoms with van der Waals surface area (Å²) in [6, 6.07) is 0. The summed E-state index contributed by atoms with van der Waals surface area (Å²) in [4.78, 5) is 1.56. The fourth-order valence-electron chi connectivity index (χ4n) is 0.581. The molecule has 0 aromatic carbocycles. The third kappa shape index (κ3) is 1.89. The summed E-state index contributed by atoms with van der Waals surface area (Å²) < 4.78 is 0. The Morgan fingerprint density at radius 2 is 2.09 bits per heavy atom. The zero-order chi connectivity index (χ0) is 8.48. The quantitative estimate of drug-likeness (QED) is 0.601. The van der Waals surface area contributed by atoms with E-state index < -0.39 is 0 Å². The first kappa shape index (κ1) is 8.46. The second-order valence-electron chi connectivity index (χ2n) is 3.30. The number of hydrogen-bond acceptors (Lipinski definition) is 3. The van der Waals surface area contributed by atoms with Gasteiger partial charge in [0, 0.05) is 0 Å². The van der Waals surface area contributed by atoms with E-state index in [-0.39, 0.29) is 5.54 Å². The van der Waals surface area contributed by atoms with Crippen LogP contribution in [0.3, 0.4) is 0 Å². The van der Waals surface area contributed by atoms with Crippen molar-refractivity contribution < 1.29 is 0 Å². The molecule has 4 nitrogen and oxygen atoms in total. The first-order chi connectivity index (χ1) is 5.04. The van der Waals surface area contributed by atoms with Crippen molar-refractivity contribution in [3.63, 3.8) is 0 Å². The summed E-state index contributed by atoms with van der Waals surface area (Å²) in [6.07, 6.45) is 0. The lowest BCUT2D eigenvalue weighted by atomic mass is 10.1. The fraction of sp³-hybridized carbons (Fsp3) is 0.833. The molecule has 1 aromatic rings. The van der Waals surface area contributed by atoms with Crippen molar-refractivity contribution in [2.75, 3.05) is 0 Å². The maximum Gasteiger partial charge on any atom is 0.189 e. The van der Waals surface area contributed by atoms with Crippen LogP contribution in [0.2, 0.25) is 0 Å². The van der Waals surface area contributed by atoms with Gasteiger partial charge in [-0.1, -0.05) is 0 Å². The first-order valence-corrected chi connectivity index (χ1v) is 3.93. The fourth-order valence-corrected chi connectivity index (χ4v) is 0.688. The Bertz CT molecular complexity index is 237. The van der Waals surface area contributed by atoms with E-state index >= 15 is 0 Å². The van der Waals surface area contributed by atoms with Crippen molar-refractivity contribution in [3.05, 3.63) is 5.82 Å². The molecule has 11 heavy (non-hydrogen) atoms. The third-order valence-corrected chi connectivity index (χ3v) is 1.41. The van der Waals surface area contributed by atoms with Crippen molar-refractivity contribution in [3.8, 4) is 0 Å². The van der Waals surface area contributed by atoms with E-state index in [0.29, 0.717) is 11.7 Å². The average Bonchev–Trinajstić information content (AvgIpc) is 2.32. The monoisotopic (exact) mass is 174 g/mol. The highest BCUT2D eigenvalue weighted by molar-refractivity contribution is 6.16. The molecule has 0 aliphatic rings. The van der Waals surface area contributed by atoms with Crippen molar-refractivity contribution in [1.29, 1.82) is 0 Å². The van der Waals surface area contributed by atoms with E-state index in [4.69, 9.17) is 11.6 Å². The molecule has 1 heterocycles. The summed E-state index contributed by atoms with van der Waals surface area (Å²) in [7, 11) is 0.